The van der Waals surface area contributed by atoms with E-state index in [4.69, 9.17) is 16.4 Å². The molecule has 118 valence electrons. The first-order valence-corrected chi connectivity index (χ1v) is 8.10. The van der Waals surface area contributed by atoms with Gasteiger partial charge in [0.1, 0.15) is 0 Å². The van der Waals surface area contributed by atoms with E-state index in [1.54, 1.807) is 0 Å². The van der Waals surface area contributed by atoms with E-state index in [9.17, 15) is 0 Å². The van der Waals surface area contributed by atoms with Crippen LogP contribution in [-0.4, -0.2) is 12.8 Å². The second-order valence-corrected chi connectivity index (χ2v) is 7.11. The Morgan fingerprint density at radius 2 is 1.87 bits per heavy atom. The van der Waals surface area contributed by atoms with Gasteiger partial charge in [0.05, 0.1) is 5.70 Å². The third kappa shape index (κ3) is 1.87. The summed E-state index contributed by atoms with van der Waals surface area (Å²) in [6.07, 6.45) is 2.17. The fourth-order valence-electron chi connectivity index (χ4n) is 3.74. The van der Waals surface area contributed by atoms with Crippen molar-refractivity contribution >= 4 is 23.0 Å². The number of para-hydroxylation sites is 1. The Bertz CT molecular complexity index is 815. The Hall–Kier alpha value is -1.97. The van der Waals surface area contributed by atoms with Crippen molar-refractivity contribution in [1.29, 1.82) is 0 Å². The Balaban J connectivity index is 1.84. The average Bonchev–Trinajstić information content (AvgIpc) is 3.06. The maximum Gasteiger partial charge on any atom is 0.197 e. The number of benzene rings is 2. The summed E-state index contributed by atoms with van der Waals surface area (Å²) in [5.41, 5.74) is 6.81. The minimum absolute atomic E-state index is 0.189. The molecule has 4 heteroatoms. The molecule has 0 fully saturated rings. The van der Waals surface area contributed by atoms with E-state index in [-0.39, 0.29) is 5.41 Å². The van der Waals surface area contributed by atoms with Crippen molar-refractivity contribution in [2.24, 2.45) is 0 Å². The van der Waals surface area contributed by atoms with Crippen molar-refractivity contribution in [2.75, 3.05) is 11.9 Å². The fraction of sp³-hybridized carbons (Fsp3) is 0.263. The fourth-order valence-corrected chi connectivity index (χ4v) is 3.93. The summed E-state index contributed by atoms with van der Waals surface area (Å²) < 4.78 is 0. The van der Waals surface area contributed by atoms with E-state index >= 15 is 0 Å². The van der Waals surface area contributed by atoms with Crippen LogP contribution >= 0.6 is 11.6 Å². The van der Waals surface area contributed by atoms with Gasteiger partial charge in [-0.25, -0.2) is 4.84 Å². The normalized spacial score (nSPS) is 24.5. The van der Waals surface area contributed by atoms with Gasteiger partial charge in [0, 0.05) is 28.7 Å². The molecule has 0 saturated heterocycles. The summed E-state index contributed by atoms with van der Waals surface area (Å²) in [7, 11) is 2.08. The SMILES string of the molecule is CN1c2ccccc2C(C)(C)[C@@]12C=C(c1cccc(Cl)c1)NO2. The number of rotatable bonds is 1. The van der Waals surface area contributed by atoms with Gasteiger partial charge in [-0.05, 0) is 29.8 Å². The molecular formula is C19H19ClN2O. The molecule has 0 radical (unpaired) electrons. The van der Waals surface area contributed by atoms with Crippen molar-refractivity contribution in [2.45, 2.75) is 25.0 Å². The predicted octanol–water partition coefficient (Wildman–Crippen LogP) is 4.34. The van der Waals surface area contributed by atoms with Crippen molar-refractivity contribution in [3.63, 3.8) is 0 Å². The van der Waals surface area contributed by atoms with Gasteiger partial charge in [0.2, 0.25) is 0 Å². The lowest BCUT2D eigenvalue weighted by atomic mass is 9.77. The van der Waals surface area contributed by atoms with Crippen molar-refractivity contribution in [1.82, 2.24) is 5.48 Å². The quantitative estimate of drug-likeness (QED) is 0.843. The van der Waals surface area contributed by atoms with Gasteiger partial charge in [-0.15, -0.1) is 0 Å². The Labute approximate surface area is 141 Å². The molecule has 0 amide bonds. The molecule has 0 bridgehead atoms. The van der Waals surface area contributed by atoms with Crippen LogP contribution in [0.4, 0.5) is 5.69 Å². The van der Waals surface area contributed by atoms with Gasteiger partial charge in [-0.2, -0.15) is 0 Å². The first-order chi connectivity index (χ1) is 11.0. The summed E-state index contributed by atoms with van der Waals surface area (Å²) in [6.45, 7) is 4.43. The standard InChI is InChI=1S/C19H19ClN2O/c1-18(2)15-9-4-5-10-17(15)22(3)19(18)12-16(21-23-19)13-7-6-8-14(20)11-13/h4-12,21H,1-3H3/t19-/m0/s1. The number of likely N-dealkylation sites (N-methyl/N-ethyl adjacent to an activating group) is 1. The molecule has 2 aromatic rings. The van der Waals surface area contributed by atoms with E-state index in [0.29, 0.717) is 5.02 Å². The highest BCUT2D eigenvalue weighted by molar-refractivity contribution is 6.30. The first kappa shape index (κ1) is 14.6. The largest absolute Gasteiger partial charge is 0.340 e. The van der Waals surface area contributed by atoms with Gasteiger partial charge < -0.3 is 4.90 Å². The van der Waals surface area contributed by atoms with E-state index in [0.717, 1.165) is 11.3 Å². The highest BCUT2D eigenvalue weighted by Gasteiger charge is 2.58. The van der Waals surface area contributed by atoms with Crippen LogP contribution in [0.25, 0.3) is 5.70 Å². The number of hydrogen-bond acceptors (Lipinski definition) is 3. The van der Waals surface area contributed by atoms with Crippen LogP contribution in [0.1, 0.15) is 25.0 Å². The summed E-state index contributed by atoms with van der Waals surface area (Å²) >= 11 is 6.13. The van der Waals surface area contributed by atoms with Crippen LogP contribution in [0.15, 0.2) is 54.6 Å². The zero-order chi connectivity index (χ0) is 16.2. The number of hydroxylamine groups is 1. The zero-order valence-corrected chi connectivity index (χ0v) is 14.2. The molecule has 0 aromatic heterocycles. The molecule has 2 aliphatic heterocycles. The van der Waals surface area contributed by atoms with Gasteiger partial charge in [0.25, 0.3) is 0 Å². The van der Waals surface area contributed by atoms with E-state index in [1.165, 1.54) is 11.3 Å². The number of halogens is 1. The molecule has 3 nitrogen and oxygen atoms in total. The zero-order valence-electron chi connectivity index (χ0n) is 13.4. The lowest BCUT2D eigenvalue weighted by Crippen LogP contribution is -2.54. The number of nitrogens with zero attached hydrogens (tertiary/aromatic N) is 1. The maximum absolute atomic E-state index is 6.16. The molecule has 0 saturated carbocycles. The van der Waals surface area contributed by atoms with Crippen LogP contribution in [0.5, 0.6) is 0 Å². The number of nitrogens with one attached hydrogen (secondary N) is 1. The molecule has 0 unspecified atom stereocenters. The molecule has 2 heterocycles. The van der Waals surface area contributed by atoms with Gasteiger partial charge in [-0.1, -0.05) is 55.8 Å². The molecule has 1 N–H and O–H groups in total. The average molecular weight is 327 g/mol. The molecule has 4 rings (SSSR count). The molecule has 1 atom stereocenters. The third-order valence-corrected chi connectivity index (χ3v) is 5.36. The highest BCUT2D eigenvalue weighted by Crippen LogP contribution is 2.54. The maximum atomic E-state index is 6.16. The van der Waals surface area contributed by atoms with E-state index in [2.05, 4.69) is 61.6 Å². The minimum atomic E-state index is -0.561. The lowest BCUT2D eigenvalue weighted by molar-refractivity contribution is -0.0678. The second kappa shape index (κ2) is 4.76. The summed E-state index contributed by atoms with van der Waals surface area (Å²) in [5, 5.41) is 0.716. The lowest BCUT2D eigenvalue weighted by Gasteiger charge is -2.39. The molecule has 2 aliphatic rings. The third-order valence-electron chi connectivity index (χ3n) is 5.12. The number of fused-ring (bicyclic) bond motifs is 1. The van der Waals surface area contributed by atoms with Gasteiger partial charge in [0.15, 0.2) is 5.72 Å². The number of hydrogen-bond donors (Lipinski definition) is 1. The van der Waals surface area contributed by atoms with Crippen molar-refractivity contribution < 1.29 is 4.84 Å². The molecule has 0 aliphatic carbocycles. The van der Waals surface area contributed by atoms with Crippen LogP contribution in [0.2, 0.25) is 5.02 Å². The number of anilines is 1. The van der Waals surface area contributed by atoms with E-state index in [1.807, 2.05) is 24.3 Å². The van der Waals surface area contributed by atoms with Crippen molar-refractivity contribution in [3.8, 4) is 0 Å². The van der Waals surface area contributed by atoms with Crippen LogP contribution in [-0.2, 0) is 10.3 Å². The topological polar surface area (TPSA) is 24.5 Å². The molecule has 2 aromatic carbocycles. The monoisotopic (exact) mass is 326 g/mol. The molecule has 23 heavy (non-hydrogen) atoms. The van der Waals surface area contributed by atoms with Gasteiger partial charge in [-0.3, -0.25) is 5.48 Å². The predicted molar refractivity (Wildman–Crippen MR) is 94.3 cm³/mol. The molecular weight excluding hydrogens is 308 g/mol. The van der Waals surface area contributed by atoms with Crippen molar-refractivity contribution in [3.05, 3.63) is 70.8 Å². The highest BCUT2D eigenvalue weighted by atomic mass is 35.5. The summed E-state index contributed by atoms with van der Waals surface area (Å²) in [4.78, 5) is 8.36. The minimum Gasteiger partial charge on any atom is -0.340 e. The van der Waals surface area contributed by atoms with E-state index < -0.39 is 5.72 Å². The Morgan fingerprint density at radius 3 is 2.61 bits per heavy atom. The first-order valence-electron chi connectivity index (χ1n) is 7.72. The smallest absolute Gasteiger partial charge is 0.197 e. The summed E-state index contributed by atoms with van der Waals surface area (Å²) in [5.74, 6) is 0. The van der Waals surface area contributed by atoms with Crippen LogP contribution in [0.3, 0.4) is 0 Å². The Morgan fingerprint density at radius 1 is 1.09 bits per heavy atom. The second-order valence-electron chi connectivity index (χ2n) is 6.67. The van der Waals surface area contributed by atoms with Crippen LogP contribution in [0, 0.1) is 0 Å². The summed E-state index contributed by atoms with van der Waals surface area (Å²) in [6, 6.07) is 16.3. The Kier molecular flexibility index (Phi) is 3.03. The van der Waals surface area contributed by atoms with Gasteiger partial charge >= 0.3 is 0 Å². The van der Waals surface area contributed by atoms with Crippen LogP contribution < -0.4 is 10.4 Å². The molecule has 1 spiro atoms.